The van der Waals surface area contributed by atoms with Gasteiger partial charge in [-0.1, -0.05) is 0 Å². The molecule has 0 aliphatic rings. The van der Waals surface area contributed by atoms with Crippen LogP contribution < -0.4 is 21.7 Å². The minimum atomic E-state index is -1.60. The molecule has 13 nitrogen and oxygen atoms in total. The second-order valence-corrected chi connectivity index (χ2v) is 7.28. The summed E-state index contributed by atoms with van der Waals surface area (Å²) in [6, 6.07) is -5.33. The Morgan fingerprint density at radius 1 is 1.06 bits per heavy atom. The molecule has 1 rings (SSSR count). The van der Waals surface area contributed by atoms with E-state index in [1.54, 1.807) is 0 Å². The fourth-order valence-corrected chi connectivity index (χ4v) is 2.68. The van der Waals surface area contributed by atoms with Crippen molar-refractivity contribution in [3.63, 3.8) is 0 Å². The molecule has 0 aromatic carbocycles. The van der Waals surface area contributed by atoms with Crippen molar-refractivity contribution in [2.45, 2.75) is 56.6 Å². The normalized spacial score (nSPS) is 16.8. The Balaban J connectivity index is 2.97. The second-order valence-electron chi connectivity index (χ2n) is 6.92. The standard InChI is InChI=1S/C17H28N6O7S/c1-7(24)12(18)16(28)22-11(5-31)15(27)21-10(3-9-4-19-6-20-9)14(26)23-13(8(2)25)17(29)30/h4,6-8,10-13,24-25,31H,3,5,18H2,1-2H3,(H,19,20)(H,21,27)(H,22,28)(H,23,26)(H,29,30). The van der Waals surface area contributed by atoms with Gasteiger partial charge in [0, 0.05) is 24.1 Å². The van der Waals surface area contributed by atoms with Gasteiger partial charge in [-0.05, 0) is 13.8 Å². The third-order valence-corrected chi connectivity index (χ3v) is 4.66. The van der Waals surface area contributed by atoms with Crippen molar-refractivity contribution in [3.8, 4) is 0 Å². The molecule has 1 aromatic rings. The first kappa shape index (κ1) is 26.4. The molecule has 0 fully saturated rings. The Bertz CT molecular complexity index is 758. The van der Waals surface area contributed by atoms with Gasteiger partial charge in [-0.2, -0.15) is 12.6 Å². The number of hydrogen-bond donors (Lipinski definition) is 9. The highest BCUT2D eigenvalue weighted by molar-refractivity contribution is 7.80. The van der Waals surface area contributed by atoms with Crippen molar-refractivity contribution in [3.05, 3.63) is 18.2 Å². The van der Waals surface area contributed by atoms with Gasteiger partial charge in [-0.15, -0.1) is 0 Å². The zero-order valence-electron chi connectivity index (χ0n) is 17.0. The van der Waals surface area contributed by atoms with Crippen LogP contribution in [0.5, 0.6) is 0 Å². The number of nitrogens with zero attached hydrogens (tertiary/aromatic N) is 1. The average Bonchev–Trinajstić information content (AvgIpc) is 3.20. The summed E-state index contributed by atoms with van der Waals surface area (Å²) in [5, 5.41) is 35.1. The van der Waals surface area contributed by atoms with Gasteiger partial charge in [0.05, 0.1) is 18.5 Å². The summed E-state index contributed by atoms with van der Waals surface area (Å²) in [6.45, 7) is 2.51. The highest BCUT2D eigenvalue weighted by Crippen LogP contribution is 2.03. The predicted molar refractivity (Wildman–Crippen MR) is 111 cm³/mol. The van der Waals surface area contributed by atoms with E-state index in [0.29, 0.717) is 5.69 Å². The molecular formula is C17H28N6O7S. The van der Waals surface area contributed by atoms with Crippen molar-refractivity contribution in [1.29, 1.82) is 0 Å². The van der Waals surface area contributed by atoms with Crippen molar-refractivity contribution in [1.82, 2.24) is 25.9 Å². The molecular weight excluding hydrogens is 432 g/mol. The number of aliphatic hydroxyl groups is 2. The molecule has 31 heavy (non-hydrogen) atoms. The van der Waals surface area contributed by atoms with Crippen LogP contribution in [-0.2, 0) is 25.6 Å². The topological polar surface area (TPSA) is 220 Å². The molecule has 6 unspecified atom stereocenters. The molecule has 1 heterocycles. The van der Waals surface area contributed by atoms with E-state index in [1.807, 2.05) is 0 Å². The van der Waals surface area contributed by atoms with Crippen LogP contribution in [0, 0.1) is 0 Å². The number of carboxylic acids is 1. The van der Waals surface area contributed by atoms with Crippen LogP contribution in [0.1, 0.15) is 19.5 Å². The number of carbonyl (C=O) groups excluding carboxylic acids is 3. The fourth-order valence-electron chi connectivity index (χ4n) is 2.42. The smallest absolute Gasteiger partial charge is 0.328 e. The number of nitrogens with two attached hydrogens (primary N) is 1. The number of imidazole rings is 1. The molecule has 0 spiro atoms. The molecule has 0 aliphatic heterocycles. The number of aromatic amines is 1. The fraction of sp³-hybridized carbons (Fsp3) is 0.588. The first-order valence-corrected chi connectivity index (χ1v) is 9.94. The number of amides is 3. The van der Waals surface area contributed by atoms with E-state index in [0.717, 1.165) is 0 Å². The van der Waals surface area contributed by atoms with E-state index < -0.39 is 60.1 Å². The lowest BCUT2D eigenvalue weighted by Gasteiger charge is -2.25. The quantitative estimate of drug-likeness (QED) is 0.141. The Kier molecular flexibility index (Phi) is 10.4. The summed E-state index contributed by atoms with van der Waals surface area (Å²) in [5.74, 6) is -4.05. The van der Waals surface area contributed by atoms with Crippen LogP contribution in [0.2, 0.25) is 0 Å². The Morgan fingerprint density at radius 3 is 2.10 bits per heavy atom. The largest absolute Gasteiger partial charge is 0.480 e. The zero-order valence-corrected chi connectivity index (χ0v) is 17.9. The summed E-state index contributed by atoms with van der Waals surface area (Å²) >= 11 is 4.02. The Labute approximate surface area is 183 Å². The Morgan fingerprint density at radius 2 is 1.65 bits per heavy atom. The number of rotatable bonds is 12. The van der Waals surface area contributed by atoms with E-state index in [2.05, 4.69) is 38.5 Å². The lowest BCUT2D eigenvalue weighted by atomic mass is 10.1. The molecule has 0 saturated carbocycles. The molecule has 6 atom stereocenters. The zero-order chi connectivity index (χ0) is 23.7. The molecule has 9 N–H and O–H groups in total. The number of carboxylic acid groups (broad SMARTS) is 1. The predicted octanol–water partition coefficient (Wildman–Crippen LogP) is -3.49. The molecule has 0 aliphatic carbocycles. The summed E-state index contributed by atoms with van der Waals surface area (Å²) in [4.78, 5) is 55.2. The second kappa shape index (κ2) is 12.2. The van der Waals surface area contributed by atoms with Gasteiger partial charge in [0.25, 0.3) is 0 Å². The van der Waals surface area contributed by atoms with Crippen LogP contribution in [0.3, 0.4) is 0 Å². The molecule has 174 valence electrons. The monoisotopic (exact) mass is 460 g/mol. The minimum absolute atomic E-state index is 0.0792. The first-order chi connectivity index (χ1) is 14.5. The van der Waals surface area contributed by atoms with Crippen molar-refractivity contribution < 1.29 is 34.5 Å². The molecule has 0 saturated heterocycles. The van der Waals surface area contributed by atoms with Gasteiger partial charge < -0.3 is 42.0 Å². The van der Waals surface area contributed by atoms with Gasteiger partial charge in [0.15, 0.2) is 6.04 Å². The third-order valence-electron chi connectivity index (χ3n) is 4.30. The maximum Gasteiger partial charge on any atom is 0.328 e. The minimum Gasteiger partial charge on any atom is -0.480 e. The highest BCUT2D eigenvalue weighted by atomic mass is 32.1. The first-order valence-electron chi connectivity index (χ1n) is 9.31. The highest BCUT2D eigenvalue weighted by Gasteiger charge is 2.32. The maximum atomic E-state index is 12.7. The summed E-state index contributed by atoms with van der Waals surface area (Å²) in [5.41, 5.74) is 6.01. The van der Waals surface area contributed by atoms with Gasteiger partial charge in [0.1, 0.15) is 18.1 Å². The summed E-state index contributed by atoms with van der Waals surface area (Å²) < 4.78 is 0. The number of thiol groups is 1. The average molecular weight is 461 g/mol. The van der Waals surface area contributed by atoms with Gasteiger partial charge in [0.2, 0.25) is 17.7 Å². The van der Waals surface area contributed by atoms with Gasteiger partial charge in [-0.25, -0.2) is 9.78 Å². The summed E-state index contributed by atoms with van der Waals surface area (Å²) in [6.07, 6.45) is 0.141. The number of hydrogen-bond acceptors (Lipinski definition) is 9. The molecule has 0 bridgehead atoms. The lowest BCUT2D eigenvalue weighted by molar-refractivity contribution is -0.145. The maximum absolute atomic E-state index is 12.7. The van der Waals surface area contributed by atoms with Crippen LogP contribution in [0.25, 0.3) is 0 Å². The van der Waals surface area contributed by atoms with Crippen LogP contribution >= 0.6 is 12.6 Å². The van der Waals surface area contributed by atoms with Crippen LogP contribution in [0.4, 0.5) is 0 Å². The van der Waals surface area contributed by atoms with Crippen molar-refractivity contribution in [2.75, 3.05) is 5.75 Å². The molecule has 3 amide bonds. The molecule has 1 aromatic heterocycles. The van der Waals surface area contributed by atoms with E-state index in [1.165, 1.54) is 26.4 Å². The van der Waals surface area contributed by atoms with Crippen molar-refractivity contribution in [2.24, 2.45) is 5.73 Å². The van der Waals surface area contributed by atoms with Gasteiger partial charge in [-0.3, -0.25) is 14.4 Å². The van der Waals surface area contributed by atoms with E-state index in [4.69, 9.17) is 10.8 Å². The SMILES string of the molecule is CC(O)C(N)C(=O)NC(CS)C(=O)NC(Cc1cnc[nH]1)C(=O)NC(C(=O)O)C(C)O. The lowest BCUT2D eigenvalue weighted by Crippen LogP contribution is -2.59. The van der Waals surface area contributed by atoms with Gasteiger partial charge >= 0.3 is 5.97 Å². The van der Waals surface area contributed by atoms with E-state index >= 15 is 0 Å². The Hall–Kier alpha value is -2.68. The van der Waals surface area contributed by atoms with Crippen LogP contribution in [-0.4, -0.2) is 91.1 Å². The number of aliphatic hydroxyl groups excluding tert-OH is 2. The number of nitrogens with one attached hydrogen (secondary N) is 4. The number of aromatic nitrogens is 2. The van der Waals surface area contributed by atoms with Crippen LogP contribution in [0.15, 0.2) is 12.5 Å². The summed E-state index contributed by atoms with van der Waals surface area (Å²) in [7, 11) is 0. The number of aliphatic carboxylic acids is 1. The third kappa shape index (κ3) is 8.16. The van der Waals surface area contributed by atoms with E-state index in [-0.39, 0.29) is 12.2 Å². The molecule has 0 radical (unpaired) electrons. The van der Waals surface area contributed by atoms with E-state index in [9.17, 15) is 29.4 Å². The number of H-pyrrole nitrogens is 1. The molecule has 14 heteroatoms. The van der Waals surface area contributed by atoms with Crippen molar-refractivity contribution >= 4 is 36.3 Å². The number of carbonyl (C=O) groups is 4.